The molecule has 0 aliphatic rings. The Morgan fingerprint density at radius 1 is 1.47 bits per heavy atom. The number of carbonyl (C=O) groups excluding carboxylic acids is 1. The zero-order valence-electron chi connectivity index (χ0n) is 10.6. The summed E-state index contributed by atoms with van der Waals surface area (Å²) >= 11 is 0. The van der Waals surface area contributed by atoms with Crippen molar-refractivity contribution >= 4 is 5.91 Å². The number of amides is 1. The first-order valence-corrected chi connectivity index (χ1v) is 5.84. The van der Waals surface area contributed by atoms with Crippen LogP contribution >= 0.6 is 0 Å². The van der Waals surface area contributed by atoms with Crippen molar-refractivity contribution < 1.29 is 9.90 Å². The average molecular weight is 236 g/mol. The molecule has 1 amide bonds. The van der Waals surface area contributed by atoms with Gasteiger partial charge in [-0.15, -0.1) is 0 Å². The van der Waals surface area contributed by atoms with E-state index in [1.807, 2.05) is 26.0 Å². The average Bonchev–Trinajstić information content (AvgIpc) is 2.30. The van der Waals surface area contributed by atoms with E-state index in [0.29, 0.717) is 13.1 Å². The van der Waals surface area contributed by atoms with Gasteiger partial charge in [-0.25, -0.2) is 0 Å². The SMILES string of the molecule is CCNC(=O)C(C)NCc1cc(C)ccc1O. The van der Waals surface area contributed by atoms with Gasteiger partial charge in [-0.2, -0.15) is 0 Å². The van der Waals surface area contributed by atoms with Crippen LogP contribution in [0.4, 0.5) is 0 Å². The quantitative estimate of drug-likeness (QED) is 0.722. The number of hydrogen-bond donors (Lipinski definition) is 3. The van der Waals surface area contributed by atoms with Crippen molar-refractivity contribution in [1.29, 1.82) is 0 Å². The third kappa shape index (κ3) is 4.07. The maximum Gasteiger partial charge on any atom is 0.236 e. The van der Waals surface area contributed by atoms with Crippen molar-refractivity contribution in [3.63, 3.8) is 0 Å². The lowest BCUT2D eigenvalue weighted by atomic mass is 10.1. The molecule has 0 spiro atoms. The molecule has 1 aromatic carbocycles. The summed E-state index contributed by atoms with van der Waals surface area (Å²) in [4.78, 5) is 11.5. The molecule has 0 saturated carbocycles. The normalized spacial score (nSPS) is 12.2. The van der Waals surface area contributed by atoms with Crippen molar-refractivity contribution in [1.82, 2.24) is 10.6 Å². The molecule has 1 atom stereocenters. The van der Waals surface area contributed by atoms with Gasteiger partial charge in [-0.3, -0.25) is 4.79 Å². The first kappa shape index (κ1) is 13.5. The third-order valence-electron chi connectivity index (χ3n) is 2.58. The molecule has 17 heavy (non-hydrogen) atoms. The second-order valence-electron chi connectivity index (χ2n) is 4.13. The summed E-state index contributed by atoms with van der Waals surface area (Å²) in [5.74, 6) is 0.228. The molecule has 3 N–H and O–H groups in total. The molecule has 1 unspecified atom stereocenters. The molecule has 0 saturated heterocycles. The Bertz CT molecular complexity index is 391. The summed E-state index contributed by atoms with van der Waals surface area (Å²) < 4.78 is 0. The van der Waals surface area contributed by atoms with E-state index < -0.39 is 0 Å². The Morgan fingerprint density at radius 3 is 2.82 bits per heavy atom. The Balaban J connectivity index is 2.55. The summed E-state index contributed by atoms with van der Waals surface area (Å²) in [6.07, 6.45) is 0. The second-order valence-corrected chi connectivity index (χ2v) is 4.13. The lowest BCUT2D eigenvalue weighted by Gasteiger charge is -2.14. The lowest BCUT2D eigenvalue weighted by Crippen LogP contribution is -2.41. The van der Waals surface area contributed by atoms with Crippen LogP contribution < -0.4 is 10.6 Å². The maximum atomic E-state index is 11.5. The highest BCUT2D eigenvalue weighted by molar-refractivity contribution is 5.81. The van der Waals surface area contributed by atoms with Crippen molar-refractivity contribution in [2.45, 2.75) is 33.4 Å². The van der Waals surface area contributed by atoms with Crippen LogP contribution in [0.3, 0.4) is 0 Å². The Kier molecular flexibility index (Phi) is 4.97. The number of carbonyl (C=O) groups is 1. The summed E-state index contributed by atoms with van der Waals surface area (Å²) in [5, 5.41) is 15.5. The highest BCUT2D eigenvalue weighted by atomic mass is 16.3. The standard InChI is InChI=1S/C13H20N2O2/c1-4-14-13(17)10(3)15-8-11-7-9(2)5-6-12(11)16/h5-7,10,15-16H,4,8H2,1-3H3,(H,14,17). The highest BCUT2D eigenvalue weighted by Crippen LogP contribution is 2.17. The zero-order valence-corrected chi connectivity index (χ0v) is 10.6. The minimum atomic E-state index is -0.269. The van der Waals surface area contributed by atoms with Gasteiger partial charge in [0, 0.05) is 18.7 Å². The summed E-state index contributed by atoms with van der Waals surface area (Å²) in [6.45, 7) is 6.76. The molecule has 1 aromatic rings. The number of hydrogen-bond acceptors (Lipinski definition) is 3. The van der Waals surface area contributed by atoms with Crippen LogP contribution in [0.15, 0.2) is 18.2 Å². The van der Waals surface area contributed by atoms with Crippen LogP contribution in [0.25, 0.3) is 0 Å². The lowest BCUT2D eigenvalue weighted by molar-refractivity contribution is -0.122. The molecule has 94 valence electrons. The van der Waals surface area contributed by atoms with Crippen LogP contribution in [-0.4, -0.2) is 23.6 Å². The first-order valence-electron chi connectivity index (χ1n) is 5.84. The monoisotopic (exact) mass is 236 g/mol. The Hall–Kier alpha value is -1.55. The number of phenols is 1. The zero-order chi connectivity index (χ0) is 12.8. The van der Waals surface area contributed by atoms with Crippen molar-refractivity contribution in [2.24, 2.45) is 0 Å². The van der Waals surface area contributed by atoms with Gasteiger partial charge >= 0.3 is 0 Å². The van der Waals surface area contributed by atoms with Crippen molar-refractivity contribution in [2.75, 3.05) is 6.54 Å². The smallest absolute Gasteiger partial charge is 0.236 e. The van der Waals surface area contributed by atoms with E-state index in [1.165, 1.54) is 0 Å². The minimum absolute atomic E-state index is 0.0281. The first-order chi connectivity index (χ1) is 8.04. The molecule has 0 fully saturated rings. The van der Waals surface area contributed by atoms with Gasteiger partial charge in [0.1, 0.15) is 5.75 Å². The van der Waals surface area contributed by atoms with E-state index in [2.05, 4.69) is 10.6 Å². The molecule has 0 aromatic heterocycles. The third-order valence-corrected chi connectivity index (χ3v) is 2.58. The fourth-order valence-corrected chi connectivity index (χ4v) is 1.54. The Morgan fingerprint density at radius 2 is 2.18 bits per heavy atom. The van der Waals surface area contributed by atoms with Gasteiger partial charge in [0.25, 0.3) is 0 Å². The van der Waals surface area contributed by atoms with Crippen molar-refractivity contribution in [3.8, 4) is 5.75 Å². The largest absolute Gasteiger partial charge is 0.508 e. The topological polar surface area (TPSA) is 61.4 Å². The number of phenolic OH excluding ortho intramolecular Hbond substituents is 1. The molecule has 0 radical (unpaired) electrons. The van der Waals surface area contributed by atoms with Gasteiger partial charge < -0.3 is 15.7 Å². The Labute approximate surface area is 102 Å². The van der Waals surface area contributed by atoms with Crippen LogP contribution in [0, 0.1) is 6.92 Å². The van der Waals surface area contributed by atoms with E-state index >= 15 is 0 Å². The molecular formula is C13H20N2O2. The minimum Gasteiger partial charge on any atom is -0.508 e. The van der Waals surface area contributed by atoms with Gasteiger partial charge in [0.15, 0.2) is 0 Å². The van der Waals surface area contributed by atoms with Gasteiger partial charge in [-0.1, -0.05) is 17.7 Å². The number of benzene rings is 1. The van der Waals surface area contributed by atoms with Crippen LogP contribution in [0.2, 0.25) is 0 Å². The maximum absolute atomic E-state index is 11.5. The summed E-state index contributed by atoms with van der Waals surface area (Å²) in [6, 6.07) is 5.16. The van der Waals surface area contributed by atoms with E-state index in [0.717, 1.165) is 11.1 Å². The summed E-state index contributed by atoms with van der Waals surface area (Å²) in [5.41, 5.74) is 1.89. The molecule has 4 heteroatoms. The molecule has 0 bridgehead atoms. The number of likely N-dealkylation sites (N-methyl/N-ethyl adjacent to an activating group) is 1. The van der Waals surface area contributed by atoms with E-state index in [4.69, 9.17) is 0 Å². The number of aryl methyl sites for hydroxylation is 1. The predicted molar refractivity (Wildman–Crippen MR) is 67.8 cm³/mol. The number of nitrogens with one attached hydrogen (secondary N) is 2. The second kappa shape index (κ2) is 6.25. The fraction of sp³-hybridized carbons (Fsp3) is 0.462. The predicted octanol–water partition coefficient (Wildman–Crippen LogP) is 1.31. The van der Waals surface area contributed by atoms with Gasteiger partial charge in [0.05, 0.1) is 6.04 Å². The van der Waals surface area contributed by atoms with E-state index in [1.54, 1.807) is 13.0 Å². The molecule has 0 aliphatic heterocycles. The molecular weight excluding hydrogens is 216 g/mol. The number of rotatable bonds is 5. The van der Waals surface area contributed by atoms with E-state index in [9.17, 15) is 9.90 Å². The van der Waals surface area contributed by atoms with Crippen LogP contribution in [0.5, 0.6) is 5.75 Å². The molecule has 1 rings (SSSR count). The van der Waals surface area contributed by atoms with Crippen LogP contribution in [0.1, 0.15) is 25.0 Å². The molecule has 0 aliphatic carbocycles. The fourth-order valence-electron chi connectivity index (χ4n) is 1.54. The van der Waals surface area contributed by atoms with E-state index in [-0.39, 0.29) is 17.7 Å². The van der Waals surface area contributed by atoms with Gasteiger partial charge in [-0.05, 0) is 26.8 Å². The number of aromatic hydroxyl groups is 1. The van der Waals surface area contributed by atoms with Crippen molar-refractivity contribution in [3.05, 3.63) is 29.3 Å². The molecule has 4 nitrogen and oxygen atoms in total. The summed E-state index contributed by atoms with van der Waals surface area (Å²) in [7, 11) is 0. The molecule has 0 heterocycles. The highest BCUT2D eigenvalue weighted by Gasteiger charge is 2.11. The van der Waals surface area contributed by atoms with Gasteiger partial charge in [0.2, 0.25) is 5.91 Å². The van der Waals surface area contributed by atoms with Crippen LogP contribution in [-0.2, 0) is 11.3 Å².